The molecule has 1 rings (SSSR count). The van der Waals surface area contributed by atoms with E-state index in [2.05, 4.69) is 31.2 Å². The zero-order valence-corrected chi connectivity index (χ0v) is 11.5. The largest absolute Gasteiger partial charge is 0.341 e. The minimum absolute atomic E-state index is 0.0968. The second-order valence-electron chi connectivity index (χ2n) is 4.42. The summed E-state index contributed by atoms with van der Waals surface area (Å²) in [6, 6.07) is 8.37. The van der Waals surface area contributed by atoms with Crippen molar-refractivity contribution in [2.45, 2.75) is 26.8 Å². The number of hydrogen-bond acceptors (Lipinski definition) is 1. The summed E-state index contributed by atoms with van der Waals surface area (Å²) in [5.41, 5.74) is 2.47. The first-order valence-electron chi connectivity index (χ1n) is 5.97. The Morgan fingerprint density at radius 1 is 1.29 bits per heavy atom. The molecule has 0 N–H and O–H groups in total. The van der Waals surface area contributed by atoms with Gasteiger partial charge in [0.1, 0.15) is 0 Å². The van der Waals surface area contributed by atoms with E-state index in [0.717, 1.165) is 12.0 Å². The van der Waals surface area contributed by atoms with Crippen molar-refractivity contribution in [2.24, 2.45) is 5.92 Å². The standard InChI is InChI=1S/C14H20ClNO/c1-4-12-5-7-13(8-6-12)10-16(3)14(17)11(2)9-15/h5-8,11H,4,9-10H2,1-3H3. The molecule has 0 aliphatic carbocycles. The minimum atomic E-state index is -0.114. The van der Waals surface area contributed by atoms with Crippen LogP contribution in [-0.2, 0) is 17.8 Å². The van der Waals surface area contributed by atoms with Crippen LogP contribution in [0.15, 0.2) is 24.3 Å². The second kappa shape index (κ2) is 6.65. The van der Waals surface area contributed by atoms with Crippen LogP contribution in [0.2, 0.25) is 0 Å². The summed E-state index contributed by atoms with van der Waals surface area (Å²) in [4.78, 5) is 13.6. The number of benzene rings is 1. The maximum absolute atomic E-state index is 11.8. The molecule has 0 aromatic heterocycles. The molecule has 0 heterocycles. The van der Waals surface area contributed by atoms with Crippen LogP contribution in [-0.4, -0.2) is 23.7 Å². The smallest absolute Gasteiger partial charge is 0.226 e. The fourth-order valence-electron chi connectivity index (χ4n) is 1.67. The zero-order valence-electron chi connectivity index (χ0n) is 10.7. The van der Waals surface area contributed by atoms with Crippen LogP contribution in [0.4, 0.5) is 0 Å². The van der Waals surface area contributed by atoms with Crippen molar-refractivity contribution in [3.63, 3.8) is 0 Å². The van der Waals surface area contributed by atoms with E-state index in [9.17, 15) is 4.79 Å². The van der Waals surface area contributed by atoms with Crippen molar-refractivity contribution >= 4 is 17.5 Å². The summed E-state index contributed by atoms with van der Waals surface area (Å²) in [7, 11) is 1.82. The summed E-state index contributed by atoms with van der Waals surface area (Å²) in [5, 5.41) is 0. The Labute approximate surface area is 109 Å². The maximum Gasteiger partial charge on any atom is 0.226 e. The first-order chi connectivity index (χ1) is 8.08. The van der Waals surface area contributed by atoms with E-state index in [-0.39, 0.29) is 11.8 Å². The van der Waals surface area contributed by atoms with Gasteiger partial charge in [0.2, 0.25) is 5.91 Å². The normalized spacial score (nSPS) is 12.2. The Bertz CT molecular complexity index is 361. The average molecular weight is 254 g/mol. The third-order valence-corrected chi connectivity index (χ3v) is 3.34. The predicted molar refractivity (Wildman–Crippen MR) is 72.2 cm³/mol. The molecule has 0 radical (unpaired) electrons. The van der Waals surface area contributed by atoms with E-state index in [4.69, 9.17) is 11.6 Å². The van der Waals surface area contributed by atoms with E-state index in [1.807, 2.05) is 14.0 Å². The molecule has 0 aliphatic heterocycles. The van der Waals surface area contributed by atoms with Gasteiger partial charge in [0, 0.05) is 25.4 Å². The lowest BCUT2D eigenvalue weighted by atomic mass is 10.1. The SMILES string of the molecule is CCc1ccc(CN(C)C(=O)C(C)CCl)cc1. The van der Waals surface area contributed by atoms with Crippen LogP contribution in [0.5, 0.6) is 0 Å². The van der Waals surface area contributed by atoms with Crippen molar-refractivity contribution in [1.82, 2.24) is 4.90 Å². The topological polar surface area (TPSA) is 20.3 Å². The van der Waals surface area contributed by atoms with Gasteiger partial charge >= 0.3 is 0 Å². The highest BCUT2D eigenvalue weighted by Gasteiger charge is 2.16. The van der Waals surface area contributed by atoms with Crippen molar-refractivity contribution in [3.8, 4) is 0 Å². The zero-order chi connectivity index (χ0) is 12.8. The van der Waals surface area contributed by atoms with Gasteiger partial charge in [-0.15, -0.1) is 11.6 Å². The number of halogens is 1. The van der Waals surface area contributed by atoms with Crippen LogP contribution in [0.25, 0.3) is 0 Å². The Kier molecular flexibility index (Phi) is 5.49. The summed E-state index contributed by atoms with van der Waals surface area (Å²) in [6.45, 7) is 4.63. The molecule has 3 heteroatoms. The third-order valence-electron chi connectivity index (χ3n) is 2.88. The molecule has 1 atom stereocenters. The van der Waals surface area contributed by atoms with Crippen LogP contribution < -0.4 is 0 Å². The molecule has 0 saturated heterocycles. The first kappa shape index (κ1) is 14.0. The molecular weight excluding hydrogens is 234 g/mol. The van der Waals surface area contributed by atoms with E-state index in [1.54, 1.807) is 4.90 Å². The van der Waals surface area contributed by atoms with Gasteiger partial charge in [0.05, 0.1) is 0 Å². The van der Waals surface area contributed by atoms with Crippen molar-refractivity contribution < 1.29 is 4.79 Å². The van der Waals surface area contributed by atoms with Crippen molar-refractivity contribution in [3.05, 3.63) is 35.4 Å². The molecule has 0 bridgehead atoms. The van der Waals surface area contributed by atoms with E-state index in [1.165, 1.54) is 5.56 Å². The number of rotatable bonds is 5. The number of aryl methyl sites for hydroxylation is 1. The van der Waals surface area contributed by atoms with Gasteiger partial charge in [-0.1, -0.05) is 38.1 Å². The fourth-order valence-corrected chi connectivity index (χ4v) is 1.81. The van der Waals surface area contributed by atoms with Gasteiger partial charge in [-0.25, -0.2) is 0 Å². The van der Waals surface area contributed by atoms with Gasteiger partial charge in [0.25, 0.3) is 0 Å². The highest BCUT2D eigenvalue weighted by molar-refractivity contribution is 6.19. The van der Waals surface area contributed by atoms with Crippen molar-refractivity contribution in [1.29, 1.82) is 0 Å². The van der Waals surface area contributed by atoms with Crippen molar-refractivity contribution in [2.75, 3.05) is 12.9 Å². The summed E-state index contributed by atoms with van der Waals surface area (Å²) in [5.74, 6) is 0.356. The minimum Gasteiger partial charge on any atom is -0.341 e. The molecule has 94 valence electrons. The number of hydrogen-bond donors (Lipinski definition) is 0. The lowest BCUT2D eigenvalue weighted by Crippen LogP contribution is -2.31. The number of alkyl halides is 1. The second-order valence-corrected chi connectivity index (χ2v) is 4.73. The van der Waals surface area contributed by atoms with Gasteiger partial charge in [-0.3, -0.25) is 4.79 Å². The number of amides is 1. The molecule has 1 aromatic rings. The number of carbonyl (C=O) groups excluding carboxylic acids is 1. The molecular formula is C14H20ClNO. The lowest BCUT2D eigenvalue weighted by molar-refractivity contribution is -0.133. The molecule has 1 amide bonds. The van der Waals surface area contributed by atoms with Crippen LogP contribution in [0.1, 0.15) is 25.0 Å². The fraction of sp³-hybridized carbons (Fsp3) is 0.500. The third kappa shape index (κ3) is 4.04. The molecule has 2 nitrogen and oxygen atoms in total. The Morgan fingerprint density at radius 3 is 2.29 bits per heavy atom. The molecule has 1 unspecified atom stereocenters. The summed E-state index contributed by atoms with van der Waals surface area (Å²) in [6.07, 6.45) is 1.04. The highest BCUT2D eigenvalue weighted by atomic mass is 35.5. The van der Waals surface area contributed by atoms with Crippen LogP contribution in [0.3, 0.4) is 0 Å². The molecule has 0 spiro atoms. The van der Waals surface area contributed by atoms with E-state index >= 15 is 0 Å². The first-order valence-corrected chi connectivity index (χ1v) is 6.50. The van der Waals surface area contributed by atoms with Crippen LogP contribution in [0, 0.1) is 5.92 Å². The van der Waals surface area contributed by atoms with Gasteiger partial charge in [0.15, 0.2) is 0 Å². The maximum atomic E-state index is 11.8. The van der Waals surface area contributed by atoms with E-state index < -0.39 is 0 Å². The summed E-state index contributed by atoms with van der Waals surface area (Å²) >= 11 is 5.69. The Hall–Kier alpha value is -1.02. The van der Waals surface area contributed by atoms with Gasteiger partial charge in [-0.05, 0) is 17.5 Å². The van der Waals surface area contributed by atoms with Crippen LogP contribution >= 0.6 is 11.6 Å². The number of nitrogens with zero attached hydrogens (tertiary/aromatic N) is 1. The predicted octanol–water partition coefficient (Wildman–Crippen LogP) is 3.08. The molecule has 0 fully saturated rings. The van der Waals surface area contributed by atoms with E-state index in [0.29, 0.717) is 12.4 Å². The lowest BCUT2D eigenvalue weighted by Gasteiger charge is -2.20. The summed E-state index contributed by atoms with van der Waals surface area (Å²) < 4.78 is 0. The monoisotopic (exact) mass is 253 g/mol. The molecule has 0 saturated carbocycles. The quantitative estimate of drug-likeness (QED) is 0.739. The average Bonchev–Trinajstić information content (AvgIpc) is 2.37. The Morgan fingerprint density at radius 2 is 1.82 bits per heavy atom. The molecule has 17 heavy (non-hydrogen) atoms. The van der Waals surface area contributed by atoms with Gasteiger partial charge < -0.3 is 4.90 Å². The molecule has 1 aromatic carbocycles. The Balaban J connectivity index is 2.61. The number of carbonyl (C=O) groups is 1. The van der Waals surface area contributed by atoms with Gasteiger partial charge in [-0.2, -0.15) is 0 Å². The molecule has 0 aliphatic rings. The highest BCUT2D eigenvalue weighted by Crippen LogP contribution is 2.10.